The van der Waals surface area contributed by atoms with Crippen molar-refractivity contribution in [3.63, 3.8) is 0 Å². The predicted molar refractivity (Wildman–Crippen MR) is 106 cm³/mol. The number of amides is 2. The van der Waals surface area contributed by atoms with Crippen molar-refractivity contribution >= 4 is 17.4 Å². The molecule has 146 valence electrons. The number of carbonyl (C=O) groups is 2. The monoisotopic (exact) mass is 370 g/mol. The number of ether oxygens (including phenoxy) is 1. The first kappa shape index (κ1) is 19.6. The minimum atomic E-state index is -0.204. The Labute approximate surface area is 162 Å². The van der Waals surface area contributed by atoms with E-state index < -0.39 is 0 Å². The summed E-state index contributed by atoms with van der Waals surface area (Å²) in [5.41, 5.74) is 4.15. The maximum absolute atomic E-state index is 13.2. The molecule has 1 fully saturated rings. The second-order valence-electron chi connectivity index (χ2n) is 8.15. The van der Waals surface area contributed by atoms with Gasteiger partial charge in [0.1, 0.15) is 5.70 Å². The number of rotatable bonds is 5. The summed E-state index contributed by atoms with van der Waals surface area (Å²) in [4.78, 5) is 30.0. The van der Waals surface area contributed by atoms with Crippen LogP contribution < -0.4 is 0 Å². The molecule has 1 aromatic rings. The van der Waals surface area contributed by atoms with Gasteiger partial charge in [-0.15, -0.1) is 0 Å². The first-order valence-electron chi connectivity index (χ1n) is 9.75. The molecule has 1 aromatic carbocycles. The fraction of sp³-hybridized carbons (Fsp3) is 0.545. The first-order chi connectivity index (χ1) is 12.8. The zero-order chi connectivity index (χ0) is 19.7. The molecule has 0 saturated carbocycles. The predicted octanol–water partition coefficient (Wildman–Crippen LogP) is 3.01. The van der Waals surface area contributed by atoms with Crippen LogP contribution in [0.5, 0.6) is 0 Å². The second kappa shape index (κ2) is 7.85. The number of imide groups is 1. The van der Waals surface area contributed by atoms with E-state index in [0.717, 1.165) is 36.2 Å². The van der Waals surface area contributed by atoms with Crippen molar-refractivity contribution in [1.82, 2.24) is 9.80 Å². The average Bonchev–Trinajstić information content (AvgIpc) is 2.83. The summed E-state index contributed by atoms with van der Waals surface area (Å²) in [5, 5.41) is 0. The Morgan fingerprint density at radius 3 is 2.33 bits per heavy atom. The van der Waals surface area contributed by atoms with E-state index in [9.17, 15) is 9.59 Å². The highest BCUT2D eigenvalue weighted by molar-refractivity contribution is 6.35. The SMILES string of the molecule is COCCN1C(=O)C(c2ccc(C)cc2C)=C(N2CC(C)CC(C)C2)C1=O. The maximum atomic E-state index is 13.2. The van der Waals surface area contributed by atoms with Gasteiger partial charge in [0, 0.05) is 20.2 Å². The Balaban J connectivity index is 2.09. The molecular weight excluding hydrogens is 340 g/mol. The van der Waals surface area contributed by atoms with Crippen LogP contribution in [-0.4, -0.2) is 55.0 Å². The second-order valence-corrected chi connectivity index (χ2v) is 8.15. The van der Waals surface area contributed by atoms with Crippen LogP contribution in [0, 0.1) is 25.7 Å². The standard InChI is InChI=1S/C22H30N2O3/c1-14-6-7-18(17(4)11-14)19-20(23-12-15(2)10-16(3)13-23)22(26)24(21(19)25)8-9-27-5/h6-7,11,15-16H,8-10,12-13H2,1-5H3. The molecule has 0 radical (unpaired) electrons. The van der Waals surface area contributed by atoms with Crippen molar-refractivity contribution in [1.29, 1.82) is 0 Å². The highest BCUT2D eigenvalue weighted by Crippen LogP contribution is 2.36. The molecule has 2 heterocycles. The first-order valence-corrected chi connectivity index (χ1v) is 9.75. The van der Waals surface area contributed by atoms with Gasteiger partial charge in [0.25, 0.3) is 11.8 Å². The van der Waals surface area contributed by atoms with E-state index in [1.807, 2.05) is 26.0 Å². The fourth-order valence-corrected chi connectivity index (χ4v) is 4.42. The number of carbonyl (C=O) groups excluding carboxylic acids is 2. The summed E-state index contributed by atoms with van der Waals surface area (Å²) in [6, 6.07) is 6.04. The van der Waals surface area contributed by atoms with Gasteiger partial charge in [0.05, 0.1) is 18.7 Å². The molecule has 2 aliphatic heterocycles. The van der Waals surface area contributed by atoms with Crippen molar-refractivity contribution in [3.8, 4) is 0 Å². The normalized spacial score (nSPS) is 23.6. The van der Waals surface area contributed by atoms with E-state index in [1.54, 1.807) is 7.11 Å². The Hall–Kier alpha value is -2.14. The third-order valence-electron chi connectivity index (χ3n) is 5.50. The van der Waals surface area contributed by atoms with Crippen LogP contribution in [0.3, 0.4) is 0 Å². The number of hydrogen-bond donors (Lipinski definition) is 0. The molecule has 27 heavy (non-hydrogen) atoms. The van der Waals surface area contributed by atoms with E-state index in [2.05, 4.69) is 24.8 Å². The minimum absolute atomic E-state index is 0.187. The molecule has 2 amide bonds. The minimum Gasteiger partial charge on any atom is -0.383 e. The Bertz CT molecular complexity index is 774. The van der Waals surface area contributed by atoms with E-state index in [1.165, 1.54) is 4.90 Å². The lowest BCUT2D eigenvalue weighted by molar-refractivity contribution is -0.138. The zero-order valence-electron chi connectivity index (χ0n) is 17.0. The maximum Gasteiger partial charge on any atom is 0.277 e. The fourth-order valence-electron chi connectivity index (χ4n) is 4.42. The van der Waals surface area contributed by atoms with E-state index in [-0.39, 0.29) is 18.4 Å². The molecule has 0 N–H and O–H groups in total. The van der Waals surface area contributed by atoms with Gasteiger partial charge in [-0.3, -0.25) is 14.5 Å². The number of likely N-dealkylation sites (tertiary alicyclic amines) is 1. The third kappa shape index (κ3) is 3.79. The van der Waals surface area contributed by atoms with Gasteiger partial charge in [-0.25, -0.2) is 0 Å². The highest BCUT2D eigenvalue weighted by atomic mass is 16.5. The third-order valence-corrected chi connectivity index (χ3v) is 5.50. The van der Waals surface area contributed by atoms with Crippen LogP contribution in [0.1, 0.15) is 37.0 Å². The lowest BCUT2D eigenvalue weighted by Gasteiger charge is -2.37. The van der Waals surface area contributed by atoms with Gasteiger partial charge >= 0.3 is 0 Å². The van der Waals surface area contributed by atoms with Crippen LogP contribution in [-0.2, 0) is 14.3 Å². The number of methoxy groups -OCH3 is 1. The Morgan fingerprint density at radius 2 is 1.74 bits per heavy atom. The van der Waals surface area contributed by atoms with Crippen molar-refractivity contribution in [3.05, 3.63) is 40.6 Å². The van der Waals surface area contributed by atoms with Gasteiger partial charge < -0.3 is 9.64 Å². The van der Waals surface area contributed by atoms with Crippen molar-refractivity contribution in [2.45, 2.75) is 34.1 Å². The lowest BCUT2D eigenvalue weighted by Crippen LogP contribution is -2.42. The molecule has 0 spiro atoms. The molecule has 2 atom stereocenters. The molecule has 5 heteroatoms. The van der Waals surface area contributed by atoms with Crippen LogP contribution in [0.25, 0.3) is 5.57 Å². The molecule has 3 rings (SSSR count). The summed E-state index contributed by atoms with van der Waals surface area (Å²) < 4.78 is 5.12. The number of aryl methyl sites for hydroxylation is 2. The van der Waals surface area contributed by atoms with Crippen molar-refractivity contribution in [2.24, 2.45) is 11.8 Å². The molecule has 5 nitrogen and oxygen atoms in total. The van der Waals surface area contributed by atoms with Gasteiger partial charge in [-0.2, -0.15) is 0 Å². The van der Waals surface area contributed by atoms with Gasteiger partial charge in [0.2, 0.25) is 0 Å². The van der Waals surface area contributed by atoms with Gasteiger partial charge in [0.15, 0.2) is 0 Å². The summed E-state index contributed by atoms with van der Waals surface area (Å²) in [5.74, 6) is 0.605. The van der Waals surface area contributed by atoms with Gasteiger partial charge in [-0.05, 0) is 43.2 Å². The summed E-state index contributed by atoms with van der Waals surface area (Å²) in [6.45, 7) is 10.7. The van der Waals surface area contributed by atoms with Crippen LogP contribution in [0.15, 0.2) is 23.9 Å². The van der Waals surface area contributed by atoms with Crippen molar-refractivity contribution < 1.29 is 14.3 Å². The molecule has 0 bridgehead atoms. The Morgan fingerprint density at radius 1 is 1.07 bits per heavy atom. The van der Waals surface area contributed by atoms with E-state index >= 15 is 0 Å². The lowest BCUT2D eigenvalue weighted by atomic mass is 9.90. The van der Waals surface area contributed by atoms with Crippen molar-refractivity contribution in [2.75, 3.05) is 33.4 Å². The Kier molecular flexibility index (Phi) is 5.70. The van der Waals surface area contributed by atoms with Crippen LogP contribution >= 0.6 is 0 Å². The van der Waals surface area contributed by atoms with Gasteiger partial charge in [-0.1, -0.05) is 37.6 Å². The average molecular weight is 370 g/mol. The molecule has 0 aromatic heterocycles. The topological polar surface area (TPSA) is 49.9 Å². The number of benzene rings is 1. The summed E-state index contributed by atoms with van der Waals surface area (Å²) in [7, 11) is 1.58. The summed E-state index contributed by atoms with van der Waals surface area (Å²) in [6.07, 6.45) is 1.15. The molecule has 0 aliphatic carbocycles. The largest absolute Gasteiger partial charge is 0.383 e. The highest BCUT2D eigenvalue weighted by Gasteiger charge is 2.42. The number of piperidine rings is 1. The smallest absolute Gasteiger partial charge is 0.277 e. The van der Waals surface area contributed by atoms with Crippen LogP contribution in [0.4, 0.5) is 0 Å². The number of hydrogen-bond acceptors (Lipinski definition) is 4. The number of nitrogens with zero attached hydrogens (tertiary/aromatic N) is 2. The molecule has 1 saturated heterocycles. The molecule has 2 aliphatic rings. The molecular formula is C22H30N2O3. The van der Waals surface area contributed by atoms with Crippen LogP contribution in [0.2, 0.25) is 0 Å². The van der Waals surface area contributed by atoms with E-state index in [0.29, 0.717) is 29.7 Å². The quantitative estimate of drug-likeness (QED) is 0.748. The molecule has 2 unspecified atom stereocenters. The van der Waals surface area contributed by atoms with E-state index in [4.69, 9.17) is 4.74 Å². The zero-order valence-corrected chi connectivity index (χ0v) is 17.0. The summed E-state index contributed by atoms with van der Waals surface area (Å²) >= 11 is 0.